The Labute approximate surface area is 233 Å². The lowest BCUT2D eigenvalue weighted by atomic mass is 9.78. The van der Waals surface area contributed by atoms with Gasteiger partial charge >= 0.3 is 0 Å². The van der Waals surface area contributed by atoms with Crippen LogP contribution in [0.3, 0.4) is 0 Å². The lowest BCUT2D eigenvalue weighted by molar-refractivity contribution is -0.123. The first-order valence-corrected chi connectivity index (χ1v) is 14.5. The summed E-state index contributed by atoms with van der Waals surface area (Å²) in [5.41, 5.74) is 10.5. The summed E-state index contributed by atoms with van der Waals surface area (Å²) in [5, 5.41) is 9.51. The number of allylic oxidation sites excluding steroid dienone is 1. The van der Waals surface area contributed by atoms with Gasteiger partial charge in [-0.1, -0.05) is 37.5 Å². The second kappa shape index (κ2) is 14.0. The van der Waals surface area contributed by atoms with Gasteiger partial charge in [-0.2, -0.15) is 5.26 Å². The topological polar surface area (TPSA) is 91.7 Å². The minimum atomic E-state index is 0.105. The molecule has 0 aromatic heterocycles. The van der Waals surface area contributed by atoms with Gasteiger partial charge in [-0.3, -0.25) is 9.79 Å². The second-order valence-electron chi connectivity index (χ2n) is 10.9. The molecule has 0 saturated heterocycles. The van der Waals surface area contributed by atoms with Gasteiger partial charge in [0.15, 0.2) is 0 Å². The molecular formula is C33H42N4O2. The largest absolute Gasteiger partial charge is 0.495 e. The molecule has 206 valence electrons. The van der Waals surface area contributed by atoms with Crippen molar-refractivity contribution in [1.82, 2.24) is 0 Å². The number of hydrogen-bond acceptors (Lipinski definition) is 5. The molecule has 0 heterocycles. The number of aliphatic imine (C=N–C) groups is 1. The van der Waals surface area contributed by atoms with Crippen molar-refractivity contribution in [2.45, 2.75) is 70.6 Å². The Morgan fingerprint density at radius 3 is 2.54 bits per heavy atom. The monoisotopic (exact) mass is 526 g/mol. The Balaban J connectivity index is 1.52. The fourth-order valence-corrected chi connectivity index (χ4v) is 6.15. The fourth-order valence-electron chi connectivity index (χ4n) is 6.15. The molecular weight excluding hydrogens is 484 g/mol. The van der Waals surface area contributed by atoms with Gasteiger partial charge in [-0.25, -0.2) is 0 Å². The van der Waals surface area contributed by atoms with Crippen LogP contribution in [0.4, 0.5) is 5.69 Å². The summed E-state index contributed by atoms with van der Waals surface area (Å²) >= 11 is 0. The van der Waals surface area contributed by atoms with Crippen molar-refractivity contribution >= 4 is 23.4 Å². The summed E-state index contributed by atoms with van der Waals surface area (Å²) in [4.78, 5) is 20.4. The van der Waals surface area contributed by atoms with E-state index < -0.39 is 0 Å². The summed E-state index contributed by atoms with van der Waals surface area (Å²) in [5.74, 6) is 1.87. The number of hydrogen-bond donors (Lipinski definition) is 1. The van der Waals surface area contributed by atoms with Crippen molar-refractivity contribution in [3.63, 3.8) is 0 Å². The van der Waals surface area contributed by atoms with Gasteiger partial charge in [0.05, 0.1) is 12.7 Å². The molecule has 0 aliphatic heterocycles. The number of methoxy groups -OCH3 is 1. The molecule has 2 aromatic carbocycles. The molecule has 0 spiro atoms. The average molecular weight is 527 g/mol. The van der Waals surface area contributed by atoms with Crippen LogP contribution in [0.1, 0.15) is 87.3 Å². The molecule has 4 rings (SSSR count). The van der Waals surface area contributed by atoms with Crippen molar-refractivity contribution < 1.29 is 9.53 Å². The Kier molecular flexibility index (Phi) is 10.2. The van der Waals surface area contributed by atoms with E-state index in [9.17, 15) is 10.1 Å². The van der Waals surface area contributed by atoms with E-state index >= 15 is 0 Å². The van der Waals surface area contributed by atoms with Gasteiger partial charge in [0.2, 0.25) is 5.91 Å². The Morgan fingerprint density at radius 2 is 1.87 bits per heavy atom. The lowest BCUT2D eigenvalue weighted by Crippen LogP contribution is -2.41. The van der Waals surface area contributed by atoms with Crippen molar-refractivity contribution in [1.29, 1.82) is 5.26 Å². The molecule has 1 amide bonds. The van der Waals surface area contributed by atoms with Crippen LogP contribution in [0, 0.1) is 23.2 Å². The molecule has 0 unspecified atom stereocenters. The van der Waals surface area contributed by atoms with Crippen LogP contribution < -0.4 is 15.4 Å². The molecule has 2 aliphatic rings. The molecule has 2 fully saturated rings. The zero-order valence-corrected chi connectivity index (χ0v) is 23.4. The number of amides is 1. The van der Waals surface area contributed by atoms with Gasteiger partial charge in [-0.15, -0.1) is 0 Å². The molecule has 2 aliphatic carbocycles. The molecule has 39 heavy (non-hydrogen) atoms. The van der Waals surface area contributed by atoms with Crippen molar-refractivity contribution in [3.05, 3.63) is 65.4 Å². The molecule has 2 aromatic rings. The van der Waals surface area contributed by atoms with Crippen molar-refractivity contribution in [2.75, 3.05) is 25.1 Å². The van der Waals surface area contributed by atoms with E-state index in [0.717, 1.165) is 74.7 Å². The highest BCUT2D eigenvalue weighted by Gasteiger charge is 2.31. The van der Waals surface area contributed by atoms with Gasteiger partial charge in [-0.05, 0) is 92.7 Å². The van der Waals surface area contributed by atoms with Gasteiger partial charge in [0, 0.05) is 42.7 Å². The first-order valence-electron chi connectivity index (χ1n) is 14.5. The van der Waals surface area contributed by atoms with E-state index in [1.54, 1.807) is 13.3 Å². The average Bonchev–Trinajstić information content (AvgIpc) is 3.00. The molecule has 0 atom stereocenters. The maximum absolute atomic E-state index is 13.9. The Morgan fingerprint density at radius 1 is 1.10 bits per heavy atom. The number of nitrogens with two attached hydrogens (primary N) is 1. The van der Waals surface area contributed by atoms with Crippen LogP contribution in [0.25, 0.3) is 5.57 Å². The Hall–Kier alpha value is -3.59. The SMILES string of the molecule is CCN=CC(=CN)c1cccc(N(CC2CCC(c3ccc(OC)c(C#N)c3)CC2)C(=O)C2CCCCC2)c1. The van der Waals surface area contributed by atoms with Gasteiger partial charge in [0.25, 0.3) is 0 Å². The van der Waals surface area contributed by atoms with E-state index in [-0.39, 0.29) is 11.8 Å². The van der Waals surface area contributed by atoms with Crippen molar-refractivity contribution in [3.8, 4) is 11.8 Å². The summed E-state index contributed by atoms with van der Waals surface area (Å²) in [7, 11) is 1.60. The lowest BCUT2D eigenvalue weighted by Gasteiger charge is -2.35. The number of anilines is 1. The highest BCUT2D eigenvalue weighted by atomic mass is 16.5. The van der Waals surface area contributed by atoms with Crippen molar-refractivity contribution in [2.24, 2.45) is 22.6 Å². The normalized spacial score (nSPS) is 20.5. The number of nitrogens with zero attached hydrogens (tertiary/aromatic N) is 3. The molecule has 0 bridgehead atoms. The summed E-state index contributed by atoms with van der Waals surface area (Å²) in [6, 6.07) is 16.4. The molecule has 2 N–H and O–H groups in total. The van der Waals surface area contributed by atoms with Crippen LogP contribution >= 0.6 is 0 Å². The second-order valence-corrected chi connectivity index (χ2v) is 10.9. The van der Waals surface area contributed by atoms with Crippen LogP contribution in [-0.2, 0) is 4.79 Å². The molecule has 6 nitrogen and oxygen atoms in total. The van der Waals surface area contributed by atoms with Crippen LogP contribution in [-0.4, -0.2) is 32.3 Å². The van der Waals surface area contributed by atoms with E-state index in [0.29, 0.717) is 29.7 Å². The van der Waals surface area contributed by atoms with E-state index in [1.165, 1.54) is 12.0 Å². The zero-order chi connectivity index (χ0) is 27.6. The number of ether oxygens (including phenoxy) is 1. The maximum Gasteiger partial charge on any atom is 0.230 e. The number of carbonyl (C=O) groups is 1. The standard InChI is InChI=1S/C33H42N4O2/c1-3-36-22-30(21-35)27-10-7-11-31(19-27)37(33(38)26-8-5-4-6-9-26)23-24-12-14-25(15-13-24)28-16-17-32(39-2)29(18-28)20-34/h7,10-11,16-19,21-22,24-26H,3-6,8-9,12-15,23,35H2,1-2H3. The molecule has 2 saturated carbocycles. The third kappa shape index (κ3) is 7.09. The Bertz CT molecular complexity index is 1210. The number of nitriles is 1. The number of rotatable bonds is 9. The quantitative estimate of drug-likeness (QED) is 0.362. The number of carbonyl (C=O) groups excluding carboxylic acids is 1. The van der Waals surface area contributed by atoms with Gasteiger partial charge < -0.3 is 15.4 Å². The summed E-state index contributed by atoms with van der Waals surface area (Å²) < 4.78 is 5.33. The third-order valence-electron chi connectivity index (χ3n) is 8.41. The fraction of sp³-hybridized carbons (Fsp3) is 0.485. The predicted molar refractivity (Wildman–Crippen MR) is 159 cm³/mol. The van der Waals surface area contributed by atoms with E-state index in [2.05, 4.69) is 34.2 Å². The molecule has 0 radical (unpaired) electrons. The smallest absolute Gasteiger partial charge is 0.230 e. The highest BCUT2D eigenvalue weighted by Crippen LogP contribution is 2.39. The minimum absolute atomic E-state index is 0.105. The third-order valence-corrected chi connectivity index (χ3v) is 8.41. The maximum atomic E-state index is 13.9. The predicted octanol–water partition coefficient (Wildman–Crippen LogP) is 6.84. The van der Waals surface area contributed by atoms with Crippen LogP contribution in [0.2, 0.25) is 0 Å². The summed E-state index contributed by atoms with van der Waals surface area (Å²) in [6.45, 7) is 3.43. The zero-order valence-electron chi connectivity index (χ0n) is 23.4. The van der Waals surface area contributed by atoms with E-state index in [4.69, 9.17) is 10.5 Å². The summed E-state index contributed by atoms with van der Waals surface area (Å²) in [6.07, 6.45) is 13.1. The van der Waals surface area contributed by atoms with E-state index in [1.807, 2.05) is 37.4 Å². The first-order chi connectivity index (χ1) is 19.1. The number of benzene rings is 2. The van der Waals surface area contributed by atoms with Crippen LogP contribution in [0.5, 0.6) is 5.75 Å². The first kappa shape index (κ1) is 28.4. The van der Waals surface area contributed by atoms with Crippen LogP contribution in [0.15, 0.2) is 53.7 Å². The highest BCUT2D eigenvalue weighted by molar-refractivity contribution is 6.10. The molecule has 6 heteroatoms. The minimum Gasteiger partial charge on any atom is -0.495 e. The van der Waals surface area contributed by atoms with Gasteiger partial charge in [0.1, 0.15) is 11.8 Å².